The first-order chi connectivity index (χ1) is 19.7. The van der Waals surface area contributed by atoms with Crippen LogP contribution in [0.15, 0.2) is 0 Å². The molecular formula is C32H62N2O9. The van der Waals surface area contributed by atoms with Crippen LogP contribution in [0.2, 0.25) is 0 Å². The number of aliphatic hydroxyl groups excluding tert-OH is 3. The van der Waals surface area contributed by atoms with Gasteiger partial charge in [0.1, 0.15) is 23.9 Å². The molecule has 14 atom stereocenters. The predicted octanol–water partition coefficient (Wildman–Crippen LogP) is 1.75. The lowest BCUT2D eigenvalue weighted by atomic mass is 9.78. The summed E-state index contributed by atoms with van der Waals surface area (Å²) in [5.74, 6) is -2.67. The van der Waals surface area contributed by atoms with Crippen molar-refractivity contribution in [1.29, 1.82) is 0 Å². The molecule has 5 N–H and O–H groups in total. The number of carbonyl (C=O) groups is 1. The Morgan fingerprint density at radius 2 is 1.65 bits per heavy atom. The molecule has 2 fully saturated rings. The molecule has 254 valence electrons. The van der Waals surface area contributed by atoms with Crippen molar-refractivity contribution in [3.63, 3.8) is 0 Å². The maximum Gasteiger partial charge on any atom is 0.311 e. The molecule has 0 unspecified atom stereocenters. The number of aliphatic hydroxyl groups is 5. The van der Waals surface area contributed by atoms with E-state index in [1.807, 2.05) is 46.7 Å². The molecule has 0 aromatic carbocycles. The molecule has 0 bridgehead atoms. The van der Waals surface area contributed by atoms with Crippen molar-refractivity contribution < 1.29 is 44.5 Å². The van der Waals surface area contributed by atoms with Crippen molar-refractivity contribution in [2.45, 2.75) is 161 Å². The number of cyclic esters (lactones) is 1. The quantitative estimate of drug-likeness (QED) is 0.287. The third-order valence-electron chi connectivity index (χ3n) is 10.1. The van der Waals surface area contributed by atoms with Gasteiger partial charge in [-0.15, -0.1) is 0 Å². The monoisotopic (exact) mass is 618 g/mol. The molecule has 0 radical (unpaired) electrons. The van der Waals surface area contributed by atoms with Gasteiger partial charge in [0.15, 0.2) is 6.29 Å². The average molecular weight is 619 g/mol. The van der Waals surface area contributed by atoms with Crippen molar-refractivity contribution >= 4 is 5.97 Å². The van der Waals surface area contributed by atoms with Crippen LogP contribution in [0.3, 0.4) is 0 Å². The van der Waals surface area contributed by atoms with Crippen LogP contribution in [-0.2, 0) is 19.0 Å². The molecule has 0 amide bonds. The van der Waals surface area contributed by atoms with Crippen molar-refractivity contribution in [1.82, 2.24) is 9.80 Å². The first kappa shape index (κ1) is 38.3. The molecule has 2 aliphatic heterocycles. The second-order valence-corrected chi connectivity index (χ2v) is 14.4. The van der Waals surface area contributed by atoms with Crippen LogP contribution in [0.5, 0.6) is 0 Å². The van der Waals surface area contributed by atoms with E-state index in [4.69, 9.17) is 14.2 Å². The fourth-order valence-corrected chi connectivity index (χ4v) is 7.01. The average Bonchev–Trinajstić information content (AvgIpc) is 2.92. The van der Waals surface area contributed by atoms with E-state index in [2.05, 4.69) is 4.90 Å². The van der Waals surface area contributed by atoms with Crippen LogP contribution >= 0.6 is 0 Å². The van der Waals surface area contributed by atoms with Crippen molar-refractivity contribution in [3.05, 3.63) is 0 Å². The van der Waals surface area contributed by atoms with Gasteiger partial charge >= 0.3 is 5.97 Å². The topological polar surface area (TPSA) is 152 Å². The van der Waals surface area contributed by atoms with Crippen LogP contribution in [0.25, 0.3) is 0 Å². The number of carbonyl (C=O) groups excluding carboxylic acids is 1. The van der Waals surface area contributed by atoms with Gasteiger partial charge in [-0.3, -0.25) is 9.69 Å². The number of nitrogens with zero attached hydrogens (tertiary/aromatic N) is 2. The molecule has 0 aliphatic carbocycles. The third-order valence-corrected chi connectivity index (χ3v) is 10.1. The molecular weight excluding hydrogens is 556 g/mol. The van der Waals surface area contributed by atoms with Gasteiger partial charge in [0.25, 0.3) is 0 Å². The molecule has 0 aromatic heterocycles. The van der Waals surface area contributed by atoms with Crippen LogP contribution in [0.1, 0.15) is 88.5 Å². The van der Waals surface area contributed by atoms with E-state index in [1.165, 1.54) is 13.8 Å². The van der Waals surface area contributed by atoms with Crippen molar-refractivity contribution in [3.8, 4) is 0 Å². The fraction of sp³-hybridized carbons (Fsp3) is 0.969. The Balaban J connectivity index is 2.53. The number of ether oxygens (including phenoxy) is 3. The van der Waals surface area contributed by atoms with E-state index in [9.17, 15) is 30.3 Å². The minimum atomic E-state index is -1.75. The summed E-state index contributed by atoms with van der Waals surface area (Å²) < 4.78 is 18.3. The zero-order chi connectivity index (χ0) is 33.2. The van der Waals surface area contributed by atoms with Crippen LogP contribution < -0.4 is 0 Å². The lowest BCUT2D eigenvalue weighted by Crippen LogP contribution is -2.60. The smallest absolute Gasteiger partial charge is 0.311 e. The maximum absolute atomic E-state index is 13.3. The summed E-state index contributed by atoms with van der Waals surface area (Å²) in [6.07, 6.45) is -5.79. The van der Waals surface area contributed by atoms with Crippen LogP contribution in [0, 0.1) is 17.8 Å². The van der Waals surface area contributed by atoms with E-state index in [1.54, 1.807) is 27.7 Å². The van der Waals surface area contributed by atoms with E-state index in [0.717, 1.165) is 0 Å². The number of esters is 1. The lowest BCUT2D eigenvalue weighted by Gasteiger charge is -2.47. The zero-order valence-electron chi connectivity index (χ0n) is 28.6. The molecule has 0 spiro atoms. The number of hydrogen-bond acceptors (Lipinski definition) is 11. The SMILES string of the molecule is CC[C@H]1OC(=O)[C@H](C)[C@@H](O)[C@H](C)[C@@H](O[C@@H]2O[C@H](C)C[C@H](N(C)C(C)C)[C@H]2O)[C@](C)(O)C[C@@H](C)CN(C)[C@H](C)[C@@H](O)[C@]1(C)O. The normalized spacial score (nSPS) is 46.8. The molecule has 43 heavy (non-hydrogen) atoms. The summed E-state index contributed by atoms with van der Waals surface area (Å²) in [5.41, 5.74) is -3.26. The maximum atomic E-state index is 13.3. The van der Waals surface area contributed by atoms with Gasteiger partial charge in [0.05, 0.1) is 29.8 Å². The highest BCUT2D eigenvalue weighted by Gasteiger charge is 2.50. The highest BCUT2D eigenvalue weighted by molar-refractivity contribution is 5.73. The first-order valence-electron chi connectivity index (χ1n) is 16.1. The summed E-state index contributed by atoms with van der Waals surface area (Å²) in [5, 5.41) is 57.5. The Morgan fingerprint density at radius 1 is 1.07 bits per heavy atom. The summed E-state index contributed by atoms with van der Waals surface area (Å²) in [7, 11) is 3.78. The fourth-order valence-electron chi connectivity index (χ4n) is 7.01. The Kier molecular flexibility index (Phi) is 13.5. The van der Waals surface area contributed by atoms with Gasteiger partial charge in [-0.05, 0) is 87.7 Å². The zero-order valence-corrected chi connectivity index (χ0v) is 28.6. The Bertz CT molecular complexity index is 887. The highest BCUT2D eigenvalue weighted by Crippen LogP contribution is 2.36. The minimum absolute atomic E-state index is 0.103. The molecule has 2 saturated heterocycles. The van der Waals surface area contributed by atoms with Gasteiger partial charge in [-0.2, -0.15) is 0 Å². The van der Waals surface area contributed by atoms with Crippen molar-refractivity contribution in [2.75, 3.05) is 20.6 Å². The molecule has 2 heterocycles. The largest absolute Gasteiger partial charge is 0.459 e. The van der Waals surface area contributed by atoms with Crippen LogP contribution in [0.4, 0.5) is 0 Å². The number of rotatable bonds is 5. The molecule has 2 aliphatic rings. The summed E-state index contributed by atoms with van der Waals surface area (Å²) in [6, 6.07) is -0.572. The Morgan fingerprint density at radius 3 is 2.19 bits per heavy atom. The second kappa shape index (κ2) is 15.1. The summed E-state index contributed by atoms with van der Waals surface area (Å²) in [4.78, 5) is 17.3. The van der Waals surface area contributed by atoms with Gasteiger partial charge in [-0.1, -0.05) is 20.8 Å². The highest BCUT2D eigenvalue weighted by atomic mass is 16.7. The molecule has 11 heteroatoms. The van der Waals surface area contributed by atoms with Crippen molar-refractivity contribution in [2.24, 2.45) is 17.8 Å². The molecule has 2 rings (SSSR count). The van der Waals surface area contributed by atoms with Gasteiger partial charge in [0.2, 0.25) is 0 Å². The van der Waals surface area contributed by atoms with Gasteiger partial charge in [-0.25, -0.2) is 0 Å². The molecule has 11 nitrogen and oxygen atoms in total. The first-order valence-corrected chi connectivity index (χ1v) is 16.1. The molecule has 0 aromatic rings. The Hall–Kier alpha value is -0.890. The second-order valence-electron chi connectivity index (χ2n) is 14.4. The number of hydrogen-bond donors (Lipinski definition) is 5. The van der Waals surface area contributed by atoms with E-state index in [-0.39, 0.29) is 36.9 Å². The van der Waals surface area contributed by atoms with E-state index >= 15 is 0 Å². The third kappa shape index (κ3) is 8.89. The van der Waals surface area contributed by atoms with Gasteiger partial charge in [0, 0.05) is 30.6 Å². The summed E-state index contributed by atoms with van der Waals surface area (Å²) >= 11 is 0. The Labute approximate surface area is 259 Å². The van der Waals surface area contributed by atoms with E-state index in [0.29, 0.717) is 13.0 Å². The molecule has 0 saturated carbocycles. The van der Waals surface area contributed by atoms with E-state index < -0.39 is 71.9 Å². The summed E-state index contributed by atoms with van der Waals surface area (Å²) in [6.45, 7) is 18.4. The standard InChI is InChI=1S/C32H62N2O9/c1-13-24-32(10,40)27(37)22(8)33(11)16-18(4)15-31(9,39)28(20(6)25(35)21(7)29(38)42-24)43-30-26(36)23(14-19(5)41-30)34(12)17(2)3/h17-28,30,35-37,39-40H,13-16H2,1-12H3/t18-,19-,20+,21-,22-,23+,24-,25+,26-,27-,28-,30+,31-,32-/m1/s1. The van der Waals surface area contributed by atoms with Gasteiger partial charge < -0.3 is 44.6 Å². The lowest BCUT2D eigenvalue weighted by molar-refractivity contribution is -0.300. The minimum Gasteiger partial charge on any atom is -0.459 e. The number of likely N-dealkylation sites (N-methyl/N-ethyl adjacent to an activating group) is 2. The van der Waals surface area contributed by atoms with Crippen LogP contribution in [-0.4, -0.2) is 134 Å². The predicted molar refractivity (Wildman–Crippen MR) is 164 cm³/mol.